The number of hydrogen-bond donors (Lipinski definition) is 1. The number of rotatable bonds is 5. The lowest BCUT2D eigenvalue weighted by Crippen LogP contribution is -2.19. The largest absolute Gasteiger partial charge is 0.326 e. The molecule has 0 heterocycles. The van der Waals surface area contributed by atoms with Crippen LogP contribution in [0.15, 0.2) is 64.8 Å². The minimum atomic E-state index is 0.0162. The molecule has 21 heavy (non-hydrogen) atoms. The molecule has 0 saturated carbocycles. The van der Waals surface area contributed by atoms with E-state index in [1.54, 1.807) is 0 Å². The van der Waals surface area contributed by atoms with Gasteiger partial charge in [0.15, 0.2) is 0 Å². The third-order valence-corrected chi connectivity index (χ3v) is 3.23. The fourth-order valence-corrected chi connectivity index (χ4v) is 1.67. The number of azo groups is 1. The predicted molar refractivity (Wildman–Crippen MR) is 85.1 cm³/mol. The predicted octanol–water partition coefficient (Wildman–Crippen LogP) is 5.09. The number of amides is 1. The molecule has 4 heteroatoms. The number of nitrogens with one attached hydrogen (secondary N) is 1. The molecule has 2 aromatic carbocycles. The molecule has 0 radical (unpaired) electrons. The number of carbonyl (C=O) groups is 1. The molecular formula is C17H19N3O. The van der Waals surface area contributed by atoms with Crippen molar-refractivity contribution < 1.29 is 4.79 Å². The Hall–Kier alpha value is -2.49. The van der Waals surface area contributed by atoms with E-state index in [2.05, 4.69) is 15.5 Å². The molecular weight excluding hydrogens is 262 g/mol. The van der Waals surface area contributed by atoms with E-state index < -0.39 is 0 Å². The Morgan fingerprint density at radius 3 is 2.14 bits per heavy atom. The maximum atomic E-state index is 11.8. The SMILES string of the molecule is CCC(C)C(=O)Nc1ccc(N=Nc2ccccc2)cc1. The van der Waals surface area contributed by atoms with Crippen LogP contribution >= 0.6 is 0 Å². The Kier molecular flexibility index (Phi) is 5.21. The molecule has 1 atom stereocenters. The van der Waals surface area contributed by atoms with Crippen LogP contribution in [-0.2, 0) is 4.79 Å². The zero-order chi connectivity index (χ0) is 15.1. The molecule has 108 valence electrons. The van der Waals surface area contributed by atoms with Gasteiger partial charge in [0.05, 0.1) is 11.4 Å². The van der Waals surface area contributed by atoms with Crippen LogP contribution in [0.25, 0.3) is 0 Å². The van der Waals surface area contributed by atoms with Crippen molar-refractivity contribution in [1.82, 2.24) is 0 Å². The summed E-state index contributed by atoms with van der Waals surface area (Å²) in [6.07, 6.45) is 0.829. The third-order valence-electron chi connectivity index (χ3n) is 3.23. The Labute approximate surface area is 124 Å². The van der Waals surface area contributed by atoms with Crippen molar-refractivity contribution in [3.8, 4) is 0 Å². The quantitative estimate of drug-likeness (QED) is 0.763. The van der Waals surface area contributed by atoms with E-state index in [0.29, 0.717) is 0 Å². The maximum Gasteiger partial charge on any atom is 0.227 e. The van der Waals surface area contributed by atoms with E-state index in [9.17, 15) is 4.79 Å². The van der Waals surface area contributed by atoms with Gasteiger partial charge in [0.2, 0.25) is 5.91 Å². The van der Waals surface area contributed by atoms with Crippen LogP contribution in [-0.4, -0.2) is 5.91 Å². The van der Waals surface area contributed by atoms with Crippen molar-refractivity contribution >= 4 is 23.0 Å². The summed E-state index contributed by atoms with van der Waals surface area (Å²) in [5, 5.41) is 11.2. The minimum absolute atomic E-state index is 0.0162. The molecule has 1 unspecified atom stereocenters. The standard InChI is InChI=1S/C17H19N3O/c1-3-13(2)17(21)18-14-9-11-16(12-10-14)20-19-15-7-5-4-6-8-15/h4-13H,3H2,1-2H3,(H,18,21). The monoisotopic (exact) mass is 281 g/mol. The first-order valence-electron chi connectivity index (χ1n) is 7.06. The second-order valence-corrected chi connectivity index (χ2v) is 4.88. The van der Waals surface area contributed by atoms with E-state index in [1.165, 1.54) is 0 Å². The number of carbonyl (C=O) groups excluding carboxylic acids is 1. The van der Waals surface area contributed by atoms with Gasteiger partial charge in [-0.25, -0.2) is 0 Å². The summed E-state index contributed by atoms with van der Waals surface area (Å²) in [6, 6.07) is 16.9. The van der Waals surface area contributed by atoms with Crippen LogP contribution in [0.4, 0.5) is 17.1 Å². The lowest BCUT2D eigenvalue weighted by molar-refractivity contribution is -0.119. The van der Waals surface area contributed by atoms with Crippen LogP contribution in [0, 0.1) is 5.92 Å². The van der Waals surface area contributed by atoms with Gasteiger partial charge in [0, 0.05) is 11.6 Å². The molecule has 0 saturated heterocycles. The molecule has 2 aromatic rings. The summed E-state index contributed by atoms with van der Waals surface area (Å²) in [4.78, 5) is 11.8. The van der Waals surface area contributed by atoms with Crippen molar-refractivity contribution in [2.45, 2.75) is 20.3 Å². The van der Waals surface area contributed by atoms with Gasteiger partial charge in [-0.1, -0.05) is 32.0 Å². The zero-order valence-corrected chi connectivity index (χ0v) is 12.3. The van der Waals surface area contributed by atoms with Gasteiger partial charge in [-0.15, -0.1) is 0 Å². The third kappa shape index (κ3) is 4.53. The average molecular weight is 281 g/mol. The lowest BCUT2D eigenvalue weighted by Gasteiger charge is -2.09. The molecule has 0 aliphatic heterocycles. The van der Waals surface area contributed by atoms with Gasteiger partial charge in [0.1, 0.15) is 0 Å². The Bertz CT molecular complexity index is 606. The second kappa shape index (κ2) is 7.33. The van der Waals surface area contributed by atoms with E-state index in [1.807, 2.05) is 68.4 Å². The van der Waals surface area contributed by atoms with E-state index in [-0.39, 0.29) is 11.8 Å². The highest BCUT2D eigenvalue weighted by molar-refractivity contribution is 5.92. The van der Waals surface area contributed by atoms with Gasteiger partial charge >= 0.3 is 0 Å². The molecule has 0 aliphatic rings. The molecule has 0 bridgehead atoms. The van der Waals surface area contributed by atoms with Crippen molar-refractivity contribution in [2.24, 2.45) is 16.1 Å². The fraction of sp³-hybridized carbons (Fsp3) is 0.235. The fourth-order valence-electron chi connectivity index (χ4n) is 1.67. The smallest absolute Gasteiger partial charge is 0.227 e. The van der Waals surface area contributed by atoms with Crippen LogP contribution in [0.3, 0.4) is 0 Å². The van der Waals surface area contributed by atoms with Crippen molar-refractivity contribution in [1.29, 1.82) is 0 Å². The van der Waals surface area contributed by atoms with Gasteiger partial charge in [-0.3, -0.25) is 4.79 Å². The minimum Gasteiger partial charge on any atom is -0.326 e. The van der Waals surface area contributed by atoms with Gasteiger partial charge in [-0.2, -0.15) is 10.2 Å². The van der Waals surface area contributed by atoms with Gasteiger partial charge in [0.25, 0.3) is 0 Å². The first-order valence-corrected chi connectivity index (χ1v) is 7.06. The summed E-state index contributed by atoms with van der Waals surface area (Å²) in [5.41, 5.74) is 2.34. The molecule has 1 N–H and O–H groups in total. The topological polar surface area (TPSA) is 53.8 Å². The summed E-state index contributed by atoms with van der Waals surface area (Å²) in [6.45, 7) is 3.91. The number of anilines is 1. The summed E-state index contributed by atoms with van der Waals surface area (Å²) < 4.78 is 0. The highest BCUT2D eigenvalue weighted by Crippen LogP contribution is 2.20. The van der Waals surface area contributed by atoms with Crippen LogP contribution in [0.5, 0.6) is 0 Å². The van der Waals surface area contributed by atoms with Crippen molar-refractivity contribution in [3.63, 3.8) is 0 Å². The highest BCUT2D eigenvalue weighted by atomic mass is 16.1. The number of nitrogens with zero attached hydrogens (tertiary/aromatic N) is 2. The van der Waals surface area contributed by atoms with E-state index >= 15 is 0 Å². The number of benzene rings is 2. The summed E-state index contributed by atoms with van der Waals surface area (Å²) >= 11 is 0. The van der Waals surface area contributed by atoms with Crippen LogP contribution in [0.1, 0.15) is 20.3 Å². The summed E-state index contributed by atoms with van der Waals surface area (Å²) in [5.74, 6) is 0.0543. The van der Waals surface area contributed by atoms with Crippen LogP contribution < -0.4 is 5.32 Å². The molecule has 4 nitrogen and oxygen atoms in total. The Morgan fingerprint density at radius 1 is 1.00 bits per heavy atom. The molecule has 0 aromatic heterocycles. The Balaban J connectivity index is 1.99. The maximum absolute atomic E-state index is 11.8. The van der Waals surface area contributed by atoms with Crippen molar-refractivity contribution in [3.05, 3.63) is 54.6 Å². The number of hydrogen-bond acceptors (Lipinski definition) is 3. The lowest BCUT2D eigenvalue weighted by atomic mass is 10.1. The average Bonchev–Trinajstić information content (AvgIpc) is 2.54. The Morgan fingerprint density at radius 2 is 1.57 bits per heavy atom. The first-order chi connectivity index (χ1) is 10.2. The van der Waals surface area contributed by atoms with Crippen molar-refractivity contribution in [2.75, 3.05) is 5.32 Å². The van der Waals surface area contributed by atoms with Gasteiger partial charge < -0.3 is 5.32 Å². The molecule has 0 aliphatic carbocycles. The molecule has 2 rings (SSSR count). The molecule has 0 spiro atoms. The normalized spacial score (nSPS) is 12.3. The van der Waals surface area contributed by atoms with Crippen LogP contribution in [0.2, 0.25) is 0 Å². The second-order valence-electron chi connectivity index (χ2n) is 4.88. The van der Waals surface area contributed by atoms with Gasteiger partial charge in [-0.05, 0) is 42.8 Å². The molecule has 0 fully saturated rings. The first kappa shape index (κ1) is 14.9. The van der Waals surface area contributed by atoms with E-state index in [0.717, 1.165) is 23.5 Å². The van der Waals surface area contributed by atoms with E-state index in [4.69, 9.17) is 0 Å². The highest BCUT2D eigenvalue weighted by Gasteiger charge is 2.09. The summed E-state index contributed by atoms with van der Waals surface area (Å²) in [7, 11) is 0. The zero-order valence-electron chi connectivity index (χ0n) is 12.3. The molecule has 1 amide bonds.